The van der Waals surface area contributed by atoms with Crippen LogP contribution < -0.4 is 0 Å². The van der Waals surface area contributed by atoms with E-state index in [1.165, 1.54) is 44.8 Å². The average molecular weight is 521 g/mol. The van der Waals surface area contributed by atoms with Gasteiger partial charge in [0.2, 0.25) is 11.7 Å². The van der Waals surface area contributed by atoms with Crippen LogP contribution in [0.5, 0.6) is 0 Å². The number of ether oxygens (including phenoxy) is 3. The lowest BCUT2D eigenvalue weighted by Crippen LogP contribution is -2.33. The highest BCUT2D eigenvalue weighted by Gasteiger charge is 2.31. The first kappa shape index (κ1) is 27.8. The number of allylic oxidation sites excluding steroid dienone is 2. The molecule has 1 saturated carbocycles. The van der Waals surface area contributed by atoms with E-state index >= 15 is 0 Å². The second kappa shape index (κ2) is 13.1. The van der Waals surface area contributed by atoms with Crippen molar-refractivity contribution in [2.24, 2.45) is 11.8 Å². The van der Waals surface area contributed by atoms with E-state index in [-0.39, 0.29) is 6.61 Å². The SMILES string of the molecule is C=CC1CCC(C2CCC(c3ccc(-c4ccc(COC(=C)/C(F)=C(/F)C(=C)OC)cc4)cc3)CC2)OC1. The molecule has 3 nitrogen and oxygen atoms in total. The molecular weight excluding hydrogens is 482 g/mol. The molecule has 0 amide bonds. The first-order valence-electron chi connectivity index (χ1n) is 13.4. The summed E-state index contributed by atoms with van der Waals surface area (Å²) in [5.41, 5.74) is 4.46. The van der Waals surface area contributed by atoms with Gasteiger partial charge in [-0.3, -0.25) is 0 Å². The van der Waals surface area contributed by atoms with Crippen LogP contribution in [-0.2, 0) is 20.8 Å². The molecule has 2 atom stereocenters. The standard InChI is InChI=1S/C33H38F2O3/c1-5-24-8-19-31(38-20-24)30-17-15-29(16-18-30)28-13-11-27(12-14-28)26-9-6-25(7-10-26)21-37-23(3)33(35)32(34)22(2)36-4/h5-7,9-14,24,29-31H,1-3,8,15-21H2,4H3/b33-32-. The van der Waals surface area contributed by atoms with Gasteiger partial charge >= 0.3 is 0 Å². The van der Waals surface area contributed by atoms with Gasteiger partial charge in [-0.2, -0.15) is 8.78 Å². The third kappa shape index (κ3) is 6.82. The van der Waals surface area contributed by atoms with Crippen molar-refractivity contribution in [2.45, 2.75) is 57.2 Å². The normalized spacial score (nSPS) is 24.2. The van der Waals surface area contributed by atoms with E-state index in [4.69, 9.17) is 9.47 Å². The molecule has 2 aromatic rings. The van der Waals surface area contributed by atoms with Crippen LogP contribution in [0.25, 0.3) is 11.1 Å². The summed E-state index contributed by atoms with van der Waals surface area (Å²) in [6.45, 7) is 11.6. The van der Waals surface area contributed by atoms with E-state index in [0.717, 1.165) is 29.7 Å². The molecule has 2 unspecified atom stereocenters. The van der Waals surface area contributed by atoms with E-state index in [1.54, 1.807) is 0 Å². The molecule has 38 heavy (non-hydrogen) atoms. The molecular formula is C33H38F2O3. The summed E-state index contributed by atoms with van der Waals surface area (Å²) in [4.78, 5) is 0. The van der Waals surface area contributed by atoms with Crippen molar-refractivity contribution >= 4 is 0 Å². The molecule has 5 heteroatoms. The van der Waals surface area contributed by atoms with Gasteiger partial charge in [-0.15, -0.1) is 6.58 Å². The maximum absolute atomic E-state index is 14.0. The third-order valence-electron chi connectivity index (χ3n) is 7.99. The van der Waals surface area contributed by atoms with E-state index in [2.05, 4.69) is 48.7 Å². The quantitative estimate of drug-likeness (QED) is 0.178. The Morgan fingerprint density at radius 3 is 2.03 bits per heavy atom. The van der Waals surface area contributed by atoms with Crippen LogP contribution >= 0.6 is 0 Å². The van der Waals surface area contributed by atoms with Crippen molar-refractivity contribution in [1.82, 2.24) is 0 Å². The number of methoxy groups -OCH3 is 1. The van der Waals surface area contributed by atoms with Gasteiger partial charge in [0, 0.05) is 5.92 Å². The first-order chi connectivity index (χ1) is 18.4. The predicted octanol–water partition coefficient (Wildman–Crippen LogP) is 8.95. The second-order valence-electron chi connectivity index (χ2n) is 10.3. The van der Waals surface area contributed by atoms with Crippen LogP contribution in [0.2, 0.25) is 0 Å². The topological polar surface area (TPSA) is 27.7 Å². The minimum Gasteiger partial charge on any atom is -0.494 e. The number of rotatable bonds is 10. The van der Waals surface area contributed by atoms with Crippen molar-refractivity contribution in [2.75, 3.05) is 13.7 Å². The van der Waals surface area contributed by atoms with Crippen LogP contribution in [-0.4, -0.2) is 19.8 Å². The lowest BCUT2D eigenvalue weighted by molar-refractivity contribution is -0.0469. The van der Waals surface area contributed by atoms with Gasteiger partial charge in [-0.25, -0.2) is 0 Å². The molecule has 0 radical (unpaired) electrons. The molecule has 1 heterocycles. The summed E-state index contributed by atoms with van der Waals surface area (Å²) in [5, 5.41) is 0. The van der Waals surface area contributed by atoms with E-state index in [9.17, 15) is 8.78 Å². The Morgan fingerprint density at radius 2 is 1.47 bits per heavy atom. The maximum atomic E-state index is 14.0. The van der Waals surface area contributed by atoms with Crippen molar-refractivity contribution in [3.63, 3.8) is 0 Å². The van der Waals surface area contributed by atoms with Gasteiger partial charge in [-0.1, -0.05) is 67.8 Å². The Balaban J connectivity index is 1.27. The predicted molar refractivity (Wildman–Crippen MR) is 149 cm³/mol. The summed E-state index contributed by atoms with van der Waals surface area (Å²) in [6, 6.07) is 16.7. The van der Waals surface area contributed by atoms with Gasteiger partial charge in [0.1, 0.15) is 6.61 Å². The minimum atomic E-state index is -1.22. The van der Waals surface area contributed by atoms with Crippen molar-refractivity contribution in [3.8, 4) is 11.1 Å². The molecule has 0 N–H and O–H groups in total. The van der Waals surface area contributed by atoms with E-state index in [1.807, 2.05) is 30.3 Å². The van der Waals surface area contributed by atoms with Crippen LogP contribution in [0.3, 0.4) is 0 Å². The molecule has 0 spiro atoms. The maximum Gasteiger partial charge on any atom is 0.203 e. The van der Waals surface area contributed by atoms with E-state index in [0.29, 0.717) is 23.9 Å². The largest absolute Gasteiger partial charge is 0.494 e. The molecule has 1 aliphatic heterocycles. The van der Waals surface area contributed by atoms with Gasteiger partial charge in [-0.05, 0) is 72.6 Å². The Morgan fingerprint density at radius 1 is 0.868 bits per heavy atom. The Hall–Kier alpha value is -3.18. The molecule has 0 aromatic heterocycles. The summed E-state index contributed by atoms with van der Waals surface area (Å²) >= 11 is 0. The van der Waals surface area contributed by atoms with Gasteiger partial charge in [0.15, 0.2) is 11.5 Å². The van der Waals surface area contributed by atoms with Crippen LogP contribution in [0.15, 0.2) is 97.5 Å². The van der Waals surface area contributed by atoms with Crippen LogP contribution in [0.1, 0.15) is 55.6 Å². The lowest BCUT2D eigenvalue weighted by Gasteiger charge is -2.37. The highest BCUT2D eigenvalue weighted by Crippen LogP contribution is 2.40. The fraction of sp³-hybridized carbons (Fsp3) is 0.394. The minimum absolute atomic E-state index is 0.0710. The summed E-state index contributed by atoms with van der Waals surface area (Å²) in [5.74, 6) is -1.43. The number of halogens is 2. The van der Waals surface area contributed by atoms with Crippen molar-refractivity contribution in [3.05, 3.63) is 109 Å². The van der Waals surface area contributed by atoms with Gasteiger partial charge in [0.05, 0.1) is 19.8 Å². The Labute approximate surface area is 225 Å². The van der Waals surface area contributed by atoms with E-state index < -0.39 is 23.2 Å². The van der Waals surface area contributed by atoms with Crippen molar-refractivity contribution in [1.29, 1.82) is 0 Å². The molecule has 1 saturated heterocycles. The summed E-state index contributed by atoms with van der Waals surface area (Å²) < 4.78 is 43.9. The lowest BCUT2D eigenvalue weighted by atomic mass is 9.75. The second-order valence-corrected chi connectivity index (χ2v) is 10.3. The zero-order valence-corrected chi connectivity index (χ0v) is 22.3. The third-order valence-corrected chi connectivity index (χ3v) is 7.99. The monoisotopic (exact) mass is 520 g/mol. The Bertz CT molecular complexity index is 1130. The average Bonchev–Trinajstić information content (AvgIpc) is 2.99. The number of benzene rings is 2. The first-order valence-corrected chi connectivity index (χ1v) is 13.4. The zero-order chi connectivity index (χ0) is 27.1. The Kier molecular flexibility index (Phi) is 9.57. The van der Waals surface area contributed by atoms with Crippen molar-refractivity contribution < 1.29 is 23.0 Å². The van der Waals surface area contributed by atoms with Crippen LogP contribution in [0, 0.1) is 11.8 Å². The highest BCUT2D eigenvalue weighted by atomic mass is 19.2. The van der Waals surface area contributed by atoms with Gasteiger partial charge in [0.25, 0.3) is 0 Å². The number of hydrogen-bond acceptors (Lipinski definition) is 3. The summed E-state index contributed by atoms with van der Waals surface area (Å²) in [6.07, 6.45) is 9.73. The summed E-state index contributed by atoms with van der Waals surface area (Å²) in [7, 11) is 1.21. The number of hydrogen-bond donors (Lipinski definition) is 0. The molecule has 1 aliphatic carbocycles. The highest BCUT2D eigenvalue weighted by molar-refractivity contribution is 5.64. The molecule has 2 fully saturated rings. The molecule has 0 bridgehead atoms. The fourth-order valence-corrected chi connectivity index (χ4v) is 5.48. The van der Waals surface area contributed by atoms with Crippen LogP contribution in [0.4, 0.5) is 8.78 Å². The van der Waals surface area contributed by atoms with Gasteiger partial charge < -0.3 is 14.2 Å². The fourth-order valence-electron chi connectivity index (χ4n) is 5.48. The molecule has 4 rings (SSSR count). The molecule has 2 aliphatic rings. The smallest absolute Gasteiger partial charge is 0.203 e. The molecule has 202 valence electrons. The molecule has 2 aromatic carbocycles. The zero-order valence-electron chi connectivity index (χ0n) is 22.3.